The van der Waals surface area contributed by atoms with Gasteiger partial charge in [0, 0.05) is 28.9 Å². The fraction of sp³-hybridized carbons (Fsp3) is 0.269. The minimum atomic E-state index is -0.327. The smallest absolute Gasteiger partial charge is 0.228 e. The molecule has 2 heterocycles. The van der Waals surface area contributed by atoms with E-state index in [2.05, 4.69) is 32.4 Å². The third-order valence-corrected chi connectivity index (χ3v) is 6.20. The highest BCUT2D eigenvalue weighted by molar-refractivity contribution is 5.98. The molecule has 0 saturated heterocycles. The Labute approximate surface area is 192 Å². The Morgan fingerprint density at radius 3 is 2.70 bits per heavy atom. The molecule has 4 N–H and O–H groups in total. The molecule has 4 aromatic rings. The Morgan fingerprint density at radius 1 is 0.970 bits per heavy atom. The molecule has 2 aromatic carbocycles. The second kappa shape index (κ2) is 9.03. The van der Waals surface area contributed by atoms with Gasteiger partial charge in [0.05, 0.1) is 23.4 Å². The molecule has 5 rings (SSSR count). The van der Waals surface area contributed by atoms with Crippen molar-refractivity contribution in [1.29, 1.82) is 0 Å². The summed E-state index contributed by atoms with van der Waals surface area (Å²) in [6, 6.07) is 15.8. The number of ether oxygens (including phenoxy) is 1. The first kappa shape index (κ1) is 21.2. The van der Waals surface area contributed by atoms with E-state index in [9.17, 15) is 5.11 Å². The zero-order valence-electron chi connectivity index (χ0n) is 18.5. The number of nitrogens with zero attached hydrogens (tertiary/aromatic N) is 3. The van der Waals surface area contributed by atoms with Gasteiger partial charge in [0.2, 0.25) is 11.8 Å². The van der Waals surface area contributed by atoms with Crippen molar-refractivity contribution >= 4 is 22.4 Å². The number of nitrogens with two attached hydrogens (primary N) is 1. The average molecular weight is 442 g/mol. The van der Waals surface area contributed by atoms with Crippen LogP contribution in [0.25, 0.3) is 22.0 Å². The van der Waals surface area contributed by atoms with Crippen molar-refractivity contribution in [3.63, 3.8) is 0 Å². The summed E-state index contributed by atoms with van der Waals surface area (Å²) in [7, 11) is 0. The molecule has 0 aliphatic heterocycles. The zero-order valence-corrected chi connectivity index (χ0v) is 18.5. The van der Waals surface area contributed by atoms with E-state index in [1.165, 1.54) is 0 Å². The van der Waals surface area contributed by atoms with Gasteiger partial charge in [-0.1, -0.05) is 37.1 Å². The molecule has 7 nitrogen and oxygen atoms in total. The third-order valence-electron chi connectivity index (χ3n) is 6.20. The van der Waals surface area contributed by atoms with Gasteiger partial charge in [-0.05, 0) is 49.6 Å². The van der Waals surface area contributed by atoms with Gasteiger partial charge < -0.3 is 20.9 Å². The van der Waals surface area contributed by atoms with Crippen molar-refractivity contribution in [2.45, 2.75) is 44.8 Å². The number of hydrogen-bond acceptors (Lipinski definition) is 7. The van der Waals surface area contributed by atoms with Crippen LogP contribution in [0.1, 0.15) is 31.2 Å². The lowest BCUT2D eigenvalue weighted by Gasteiger charge is -2.29. The zero-order chi connectivity index (χ0) is 22.8. The molecule has 0 spiro atoms. The number of aryl methyl sites for hydroxylation is 1. The van der Waals surface area contributed by atoms with Crippen LogP contribution in [0, 0.1) is 6.92 Å². The summed E-state index contributed by atoms with van der Waals surface area (Å²) in [5.41, 5.74) is 9.17. The molecule has 0 unspecified atom stereocenters. The van der Waals surface area contributed by atoms with Crippen LogP contribution in [0.2, 0.25) is 0 Å². The molecule has 0 amide bonds. The summed E-state index contributed by atoms with van der Waals surface area (Å²) in [6.07, 6.45) is 7.00. The SMILES string of the molecule is Cc1ccc2c(N[C@@H]3CCCC[C@H]3O)cccc2c1Oc1ncccc1-c1ccnc(N)n1. The summed E-state index contributed by atoms with van der Waals surface area (Å²) >= 11 is 0. The van der Waals surface area contributed by atoms with E-state index in [0.29, 0.717) is 11.6 Å². The molecule has 2 atom stereocenters. The fourth-order valence-electron chi connectivity index (χ4n) is 4.47. The Kier molecular flexibility index (Phi) is 5.79. The summed E-state index contributed by atoms with van der Waals surface area (Å²) in [4.78, 5) is 12.8. The van der Waals surface area contributed by atoms with Gasteiger partial charge in [0.15, 0.2) is 0 Å². The number of aliphatic hydroxyl groups is 1. The number of anilines is 2. The van der Waals surface area contributed by atoms with Crippen LogP contribution < -0.4 is 15.8 Å². The largest absolute Gasteiger partial charge is 0.437 e. The van der Waals surface area contributed by atoms with E-state index in [1.807, 2.05) is 37.3 Å². The van der Waals surface area contributed by atoms with Crippen LogP contribution in [-0.2, 0) is 0 Å². The molecule has 1 fully saturated rings. The van der Waals surface area contributed by atoms with Crippen LogP contribution in [0.4, 0.5) is 11.6 Å². The maximum atomic E-state index is 10.4. The van der Waals surface area contributed by atoms with Crippen molar-refractivity contribution in [2.24, 2.45) is 0 Å². The molecule has 0 radical (unpaired) electrons. The first-order chi connectivity index (χ1) is 16.1. The second-order valence-electron chi connectivity index (χ2n) is 8.47. The first-order valence-corrected chi connectivity index (χ1v) is 11.3. The first-order valence-electron chi connectivity index (χ1n) is 11.3. The lowest BCUT2D eigenvalue weighted by atomic mass is 9.92. The third kappa shape index (κ3) is 4.32. The van der Waals surface area contributed by atoms with Crippen molar-refractivity contribution in [3.05, 3.63) is 66.5 Å². The number of fused-ring (bicyclic) bond motifs is 1. The lowest BCUT2D eigenvalue weighted by molar-refractivity contribution is 0.116. The number of aliphatic hydroxyl groups excluding tert-OH is 1. The normalized spacial score (nSPS) is 18.2. The molecule has 2 aromatic heterocycles. The molecule has 1 aliphatic carbocycles. The molecule has 1 aliphatic rings. The summed E-state index contributed by atoms with van der Waals surface area (Å²) in [5.74, 6) is 1.39. The molecule has 7 heteroatoms. The summed E-state index contributed by atoms with van der Waals surface area (Å²) < 4.78 is 6.42. The molecule has 1 saturated carbocycles. The Bertz CT molecular complexity index is 1290. The number of rotatable bonds is 5. The highest BCUT2D eigenvalue weighted by Gasteiger charge is 2.23. The molecule has 33 heavy (non-hydrogen) atoms. The standard InChI is InChI=1S/C26H27N5O2/c1-16-11-12-17-18(6-4-9-20(17)30-22-8-2-3-10-23(22)32)24(16)33-25-19(7-5-14-28-25)21-13-15-29-26(27)31-21/h4-7,9,11-15,22-23,30,32H,2-3,8,10H2,1H3,(H2,27,29,31)/t22-,23-/m1/s1. The Balaban J connectivity index is 1.54. The number of hydrogen-bond donors (Lipinski definition) is 3. The van der Waals surface area contributed by atoms with Crippen LogP contribution in [-0.4, -0.2) is 32.2 Å². The second-order valence-corrected chi connectivity index (χ2v) is 8.47. The summed E-state index contributed by atoms with van der Waals surface area (Å²) in [6.45, 7) is 2.02. The van der Waals surface area contributed by atoms with Crippen molar-refractivity contribution in [3.8, 4) is 22.9 Å². The van der Waals surface area contributed by atoms with Crippen molar-refractivity contribution < 1.29 is 9.84 Å². The van der Waals surface area contributed by atoms with E-state index in [4.69, 9.17) is 10.5 Å². The molecule has 168 valence electrons. The minimum Gasteiger partial charge on any atom is -0.437 e. The number of benzene rings is 2. The van der Waals surface area contributed by atoms with Gasteiger partial charge in [0.1, 0.15) is 5.75 Å². The van der Waals surface area contributed by atoms with Gasteiger partial charge in [0.25, 0.3) is 0 Å². The van der Waals surface area contributed by atoms with E-state index in [-0.39, 0.29) is 18.1 Å². The van der Waals surface area contributed by atoms with E-state index in [0.717, 1.165) is 59.0 Å². The van der Waals surface area contributed by atoms with Gasteiger partial charge in [-0.25, -0.2) is 15.0 Å². The lowest BCUT2D eigenvalue weighted by Crippen LogP contribution is -2.36. The van der Waals surface area contributed by atoms with Crippen LogP contribution in [0.15, 0.2) is 60.9 Å². The predicted molar refractivity (Wildman–Crippen MR) is 130 cm³/mol. The highest BCUT2D eigenvalue weighted by atomic mass is 16.5. The molecular formula is C26H27N5O2. The van der Waals surface area contributed by atoms with Crippen LogP contribution in [0.5, 0.6) is 11.6 Å². The van der Waals surface area contributed by atoms with E-state index >= 15 is 0 Å². The minimum absolute atomic E-state index is 0.0561. The maximum absolute atomic E-state index is 10.4. The van der Waals surface area contributed by atoms with E-state index in [1.54, 1.807) is 18.5 Å². The van der Waals surface area contributed by atoms with E-state index < -0.39 is 0 Å². The number of aromatic nitrogens is 3. The monoisotopic (exact) mass is 441 g/mol. The quantitative estimate of drug-likeness (QED) is 0.396. The van der Waals surface area contributed by atoms with Gasteiger partial charge in [-0.3, -0.25) is 0 Å². The fourth-order valence-corrected chi connectivity index (χ4v) is 4.47. The van der Waals surface area contributed by atoms with Gasteiger partial charge in [-0.2, -0.15) is 0 Å². The highest BCUT2D eigenvalue weighted by Crippen LogP contribution is 2.39. The maximum Gasteiger partial charge on any atom is 0.228 e. The topological polar surface area (TPSA) is 106 Å². The predicted octanol–water partition coefficient (Wildman–Crippen LogP) is 5.09. The van der Waals surface area contributed by atoms with Crippen LogP contribution >= 0.6 is 0 Å². The Morgan fingerprint density at radius 2 is 1.85 bits per heavy atom. The number of pyridine rings is 1. The van der Waals surface area contributed by atoms with Crippen molar-refractivity contribution in [1.82, 2.24) is 15.0 Å². The van der Waals surface area contributed by atoms with Crippen molar-refractivity contribution in [2.75, 3.05) is 11.1 Å². The average Bonchev–Trinajstić information content (AvgIpc) is 2.83. The Hall–Kier alpha value is -3.71. The molecular weight excluding hydrogens is 414 g/mol. The number of nitrogen functional groups attached to an aromatic ring is 1. The molecule has 0 bridgehead atoms. The van der Waals surface area contributed by atoms with Gasteiger partial charge >= 0.3 is 0 Å². The van der Waals surface area contributed by atoms with Crippen LogP contribution in [0.3, 0.4) is 0 Å². The summed E-state index contributed by atoms with van der Waals surface area (Å²) in [5, 5.41) is 16.0. The van der Waals surface area contributed by atoms with Gasteiger partial charge in [-0.15, -0.1) is 0 Å². The number of nitrogens with one attached hydrogen (secondary N) is 1.